The van der Waals surface area contributed by atoms with Gasteiger partial charge in [-0.25, -0.2) is 0 Å². The summed E-state index contributed by atoms with van der Waals surface area (Å²) >= 11 is 2.82. The SMILES string of the molecule is C=CCC(C(=C)C(C)=N/C=C\C)C(C=CC)CCC.[Al][c]1ccc2c(c1-c1ccccn1)=CCCC=2. The van der Waals surface area contributed by atoms with Gasteiger partial charge in [0.1, 0.15) is 0 Å². The fourth-order valence-corrected chi connectivity index (χ4v) is 5.02. The minimum atomic E-state index is 0.405. The Kier molecular flexibility index (Phi) is 13.2. The summed E-state index contributed by atoms with van der Waals surface area (Å²) in [6, 6.07) is 10.4. The number of aromatic nitrogens is 1. The van der Waals surface area contributed by atoms with Gasteiger partial charge in [-0.05, 0) is 92.0 Å². The van der Waals surface area contributed by atoms with Gasteiger partial charge in [0.15, 0.2) is 16.3 Å². The van der Waals surface area contributed by atoms with E-state index in [1.54, 1.807) is 0 Å². The molecule has 186 valence electrons. The van der Waals surface area contributed by atoms with Crippen molar-refractivity contribution in [2.45, 2.75) is 59.8 Å². The van der Waals surface area contributed by atoms with Crippen LogP contribution in [-0.2, 0) is 0 Å². The van der Waals surface area contributed by atoms with E-state index in [0.29, 0.717) is 11.8 Å². The molecule has 1 aliphatic rings. The summed E-state index contributed by atoms with van der Waals surface area (Å²) in [6.45, 7) is 16.5. The molecule has 2 unspecified atom stereocenters. The standard InChI is InChI=1S/C18H29N.C15H12N.Al/c1-7-11-17(12-8-2)18(13-9-3)15(5)16(6)19-14-10-4;1-2-8-13-12(6-1)7-5-9-14(13)15-10-3-4-11-16-15;/h7,9-11,14,17-18H,3,5,8,12-13H2,1-2,4,6H3;3-8,10-11H,1-2H2;/b11-7?,14-10-,19-16?;;. The number of fused-ring (bicyclic) bond motifs is 1. The average molecular weight is 493 g/mol. The molecule has 1 aliphatic carbocycles. The number of pyridine rings is 1. The van der Waals surface area contributed by atoms with Crippen LogP contribution in [0.3, 0.4) is 0 Å². The Balaban J connectivity index is 0.000000254. The first-order valence-electron chi connectivity index (χ1n) is 13.1. The second-order valence-electron chi connectivity index (χ2n) is 9.06. The van der Waals surface area contributed by atoms with Gasteiger partial charge in [0.05, 0.1) is 5.69 Å². The Bertz CT molecular complexity index is 1200. The molecule has 3 heteroatoms. The zero-order valence-electron chi connectivity index (χ0n) is 22.6. The zero-order valence-corrected chi connectivity index (χ0v) is 23.7. The van der Waals surface area contributed by atoms with Gasteiger partial charge < -0.3 is 0 Å². The van der Waals surface area contributed by atoms with Gasteiger partial charge in [-0.2, -0.15) is 0 Å². The fourth-order valence-electron chi connectivity index (χ4n) is 4.62. The smallest absolute Gasteiger partial charge is 0.176 e. The molecular weight excluding hydrogens is 451 g/mol. The predicted octanol–water partition coefficient (Wildman–Crippen LogP) is 6.62. The van der Waals surface area contributed by atoms with E-state index in [1.807, 2.05) is 50.5 Å². The van der Waals surface area contributed by atoms with E-state index >= 15 is 0 Å². The lowest BCUT2D eigenvalue weighted by Gasteiger charge is -2.25. The zero-order chi connectivity index (χ0) is 26.3. The van der Waals surface area contributed by atoms with E-state index in [1.165, 1.54) is 33.3 Å². The predicted molar refractivity (Wildman–Crippen MR) is 161 cm³/mol. The van der Waals surface area contributed by atoms with E-state index < -0.39 is 0 Å². The molecule has 0 spiro atoms. The van der Waals surface area contributed by atoms with E-state index in [4.69, 9.17) is 0 Å². The summed E-state index contributed by atoms with van der Waals surface area (Å²) in [5.41, 5.74) is 4.47. The third kappa shape index (κ3) is 8.44. The van der Waals surface area contributed by atoms with Crippen LogP contribution in [0.25, 0.3) is 23.4 Å². The van der Waals surface area contributed by atoms with Crippen LogP contribution in [0.2, 0.25) is 0 Å². The van der Waals surface area contributed by atoms with Crippen molar-refractivity contribution in [1.82, 2.24) is 4.98 Å². The van der Waals surface area contributed by atoms with Gasteiger partial charge in [0, 0.05) is 18.1 Å². The van der Waals surface area contributed by atoms with E-state index in [-0.39, 0.29) is 0 Å². The molecule has 3 rings (SSSR count). The number of hydrogen-bond donors (Lipinski definition) is 0. The molecule has 0 saturated heterocycles. The minimum Gasteiger partial charge on any atom is -0.262 e. The molecule has 0 saturated carbocycles. The van der Waals surface area contributed by atoms with Crippen LogP contribution < -0.4 is 14.9 Å². The van der Waals surface area contributed by atoms with Crippen molar-refractivity contribution in [3.8, 4) is 11.3 Å². The maximum absolute atomic E-state index is 4.47. The van der Waals surface area contributed by atoms with Crippen LogP contribution in [0, 0.1) is 11.8 Å². The Labute approximate surface area is 227 Å². The second-order valence-corrected chi connectivity index (χ2v) is 9.69. The lowest BCUT2D eigenvalue weighted by molar-refractivity contribution is 0.435. The van der Waals surface area contributed by atoms with Crippen LogP contribution in [-0.4, -0.2) is 27.0 Å². The van der Waals surface area contributed by atoms with Gasteiger partial charge >= 0.3 is 0 Å². The largest absolute Gasteiger partial charge is 0.262 e. The summed E-state index contributed by atoms with van der Waals surface area (Å²) in [5.74, 6) is 0.930. The van der Waals surface area contributed by atoms with Gasteiger partial charge in [-0.1, -0.05) is 74.6 Å². The first-order chi connectivity index (χ1) is 17.5. The van der Waals surface area contributed by atoms with Crippen LogP contribution in [0.1, 0.15) is 59.8 Å². The molecule has 0 amide bonds. The van der Waals surface area contributed by atoms with Crippen LogP contribution in [0.4, 0.5) is 0 Å². The lowest BCUT2D eigenvalue weighted by atomic mass is 9.79. The molecular formula is C33H41AlN2. The van der Waals surface area contributed by atoms with Gasteiger partial charge in [-0.3, -0.25) is 9.98 Å². The van der Waals surface area contributed by atoms with E-state index in [9.17, 15) is 0 Å². The quantitative estimate of drug-likeness (QED) is 0.208. The summed E-state index contributed by atoms with van der Waals surface area (Å²) < 4.78 is 1.22. The summed E-state index contributed by atoms with van der Waals surface area (Å²) in [7, 11) is 0. The molecule has 1 aromatic heterocycles. The molecule has 36 heavy (non-hydrogen) atoms. The third-order valence-electron chi connectivity index (χ3n) is 6.44. The molecule has 0 fully saturated rings. The van der Waals surface area contributed by atoms with Crippen LogP contribution in [0.5, 0.6) is 0 Å². The van der Waals surface area contributed by atoms with Crippen LogP contribution >= 0.6 is 0 Å². The monoisotopic (exact) mass is 492 g/mol. The molecule has 0 N–H and O–H groups in total. The number of hydrogen-bond acceptors (Lipinski definition) is 2. The minimum absolute atomic E-state index is 0.405. The molecule has 1 aromatic carbocycles. The highest BCUT2D eigenvalue weighted by atomic mass is 27.0. The molecule has 2 radical (unpaired) electrons. The van der Waals surface area contributed by atoms with Gasteiger partial charge in [0.2, 0.25) is 0 Å². The molecule has 2 nitrogen and oxygen atoms in total. The molecule has 0 aliphatic heterocycles. The number of benzene rings is 1. The highest BCUT2D eigenvalue weighted by Crippen LogP contribution is 2.30. The van der Waals surface area contributed by atoms with Crippen molar-refractivity contribution >= 4 is 38.6 Å². The number of rotatable bonds is 10. The number of aliphatic imine (C=N–C) groups is 1. The van der Waals surface area contributed by atoms with E-state index in [2.05, 4.69) is 95.8 Å². The van der Waals surface area contributed by atoms with Crippen LogP contribution in [0.15, 0.2) is 90.8 Å². The fraction of sp³-hybridized carbons (Fsp3) is 0.333. The summed E-state index contributed by atoms with van der Waals surface area (Å²) in [4.78, 5) is 8.90. The number of allylic oxidation sites excluding steroid dienone is 5. The van der Waals surface area contributed by atoms with Crippen molar-refractivity contribution in [2.75, 3.05) is 0 Å². The topological polar surface area (TPSA) is 25.2 Å². The highest BCUT2D eigenvalue weighted by molar-refractivity contribution is 6.35. The Morgan fingerprint density at radius 2 is 1.92 bits per heavy atom. The first-order valence-corrected chi connectivity index (χ1v) is 13.6. The van der Waals surface area contributed by atoms with Gasteiger partial charge in [0.25, 0.3) is 0 Å². The Hall–Kier alpha value is -2.73. The van der Waals surface area contributed by atoms with Crippen molar-refractivity contribution in [1.29, 1.82) is 0 Å². The Morgan fingerprint density at radius 3 is 2.56 bits per heavy atom. The number of nitrogens with zero attached hydrogens (tertiary/aromatic N) is 2. The maximum Gasteiger partial charge on any atom is 0.176 e. The maximum atomic E-state index is 4.47. The average Bonchev–Trinajstić information content (AvgIpc) is 2.90. The highest BCUT2D eigenvalue weighted by Gasteiger charge is 2.21. The van der Waals surface area contributed by atoms with Crippen molar-refractivity contribution in [2.24, 2.45) is 16.8 Å². The van der Waals surface area contributed by atoms with Crippen molar-refractivity contribution in [3.05, 3.63) is 96.2 Å². The summed E-state index contributed by atoms with van der Waals surface area (Å²) in [6.07, 6.45) is 22.3. The third-order valence-corrected chi connectivity index (χ3v) is 6.92. The van der Waals surface area contributed by atoms with Crippen molar-refractivity contribution < 1.29 is 0 Å². The first kappa shape index (κ1) is 29.5. The summed E-state index contributed by atoms with van der Waals surface area (Å²) in [5, 5.41) is 2.67. The molecule has 0 bridgehead atoms. The normalized spacial score (nSPS) is 14.7. The van der Waals surface area contributed by atoms with Gasteiger partial charge in [-0.15, -0.1) is 11.0 Å². The molecule has 2 atom stereocenters. The van der Waals surface area contributed by atoms with Crippen molar-refractivity contribution in [3.63, 3.8) is 0 Å². The lowest BCUT2D eigenvalue weighted by Crippen LogP contribution is -2.34. The Morgan fingerprint density at radius 1 is 1.14 bits per heavy atom. The van der Waals surface area contributed by atoms with E-state index in [0.717, 1.165) is 36.2 Å². The second kappa shape index (κ2) is 16.1. The molecule has 2 aromatic rings. The molecule has 1 heterocycles.